The quantitative estimate of drug-likeness (QED) is 0.0598. The number of hydrazone groups is 1. The van der Waals surface area contributed by atoms with E-state index in [1.807, 2.05) is 24.3 Å². The van der Waals surface area contributed by atoms with Gasteiger partial charge in [0.05, 0.1) is 11.8 Å². The van der Waals surface area contributed by atoms with Crippen molar-refractivity contribution in [2.24, 2.45) is 5.10 Å². The number of hydroxylamine groups is 2. The molecule has 244 valence electrons. The largest absolute Gasteiger partial charge is 0.507 e. The maximum absolute atomic E-state index is 13.9. The van der Waals surface area contributed by atoms with Crippen molar-refractivity contribution in [2.45, 2.75) is 44.8 Å². The minimum atomic E-state index is -1.14. The molecular weight excluding hydrogens is 643 g/mol. The molecule has 0 unspecified atom stereocenters. The Balaban J connectivity index is 1.24. The van der Waals surface area contributed by atoms with E-state index < -0.39 is 23.8 Å². The Morgan fingerprint density at radius 3 is 2.45 bits per heavy atom. The van der Waals surface area contributed by atoms with Crippen LogP contribution in [0.3, 0.4) is 0 Å². The van der Waals surface area contributed by atoms with Crippen molar-refractivity contribution in [3.63, 3.8) is 0 Å². The number of amides is 5. The average Bonchev–Trinajstić information content (AvgIpc) is 3.23. The molecule has 11 nitrogen and oxygen atoms in total. The summed E-state index contributed by atoms with van der Waals surface area (Å²) in [7, 11) is 0. The lowest BCUT2D eigenvalue weighted by atomic mass is 9.99. The van der Waals surface area contributed by atoms with Crippen LogP contribution in [0.2, 0.25) is 10.0 Å². The molecule has 1 aliphatic rings. The lowest BCUT2D eigenvalue weighted by molar-refractivity contribution is -0.121. The van der Waals surface area contributed by atoms with Crippen LogP contribution in [0.5, 0.6) is 5.75 Å². The lowest BCUT2D eigenvalue weighted by Crippen LogP contribution is -2.58. The fourth-order valence-electron chi connectivity index (χ4n) is 5.66. The first-order valence-corrected chi connectivity index (χ1v) is 15.7. The van der Waals surface area contributed by atoms with Crippen LogP contribution in [0.1, 0.15) is 38.7 Å². The molecule has 13 heteroatoms. The standard InChI is InChI=1S/C34H34Cl2N6O5/c1-34(2)31(42(47)32(45)38-25-12-7-10-23(35)19-25)41(26-13-8-11-24(36)20-26)33(46)40(34)18-6-5-15-30(44)39-37-21-28-27-14-4-3-9-22(27)16-17-29(28)43/h3-4,7-14,16-17,19-21,31,43,47H,5-6,15,18H2,1-2H3,(H,38,45)(H,39,44)/b37-21-/t31-/m1/s1. The molecule has 5 rings (SSSR count). The zero-order valence-electron chi connectivity index (χ0n) is 25.7. The van der Waals surface area contributed by atoms with E-state index >= 15 is 0 Å². The number of phenols is 1. The van der Waals surface area contributed by atoms with Gasteiger partial charge in [-0.2, -0.15) is 10.2 Å². The Hall–Kier alpha value is -4.84. The van der Waals surface area contributed by atoms with Crippen molar-refractivity contribution in [3.05, 3.63) is 101 Å². The molecule has 1 heterocycles. The second-order valence-electron chi connectivity index (χ2n) is 11.6. The van der Waals surface area contributed by atoms with Crippen LogP contribution in [0, 0.1) is 0 Å². The topological polar surface area (TPSA) is 138 Å². The Morgan fingerprint density at radius 2 is 1.70 bits per heavy atom. The number of carbonyl (C=O) groups excluding carboxylic acids is 3. The number of aromatic hydroxyl groups is 1. The van der Waals surface area contributed by atoms with Gasteiger partial charge in [-0.3, -0.25) is 14.9 Å². The molecule has 1 atom stereocenters. The van der Waals surface area contributed by atoms with Crippen molar-refractivity contribution in [3.8, 4) is 5.75 Å². The molecule has 5 amide bonds. The summed E-state index contributed by atoms with van der Waals surface area (Å²) in [5.74, 6) is -0.279. The van der Waals surface area contributed by atoms with E-state index in [1.54, 1.807) is 73.3 Å². The summed E-state index contributed by atoms with van der Waals surface area (Å²) >= 11 is 12.3. The fraction of sp³-hybridized carbons (Fsp3) is 0.235. The molecule has 4 N–H and O–H groups in total. The minimum absolute atomic E-state index is 0.0492. The third kappa shape index (κ3) is 7.43. The van der Waals surface area contributed by atoms with Crippen LogP contribution in [-0.2, 0) is 4.79 Å². The van der Waals surface area contributed by atoms with Gasteiger partial charge in [-0.15, -0.1) is 0 Å². The number of fused-ring (bicyclic) bond motifs is 1. The van der Waals surface area contributed by atoms with Gasteiger partial charge in [-0.25, -0.2) is 15.0 Å². The normalized spacial score (nSPS) is 15.8. The summed E-state index contributed by atoms with van der Waals surface area (Å²) in [6, 6.07) is 22.7. The van der Waals surface area contributed by atoms with Gasteiger partial charge >= 0.3 is 12.1 Å². The SMILES string of the molecule is CC1(C)[C@@H](N(O)C(=O)Nc2cccc(Cl)c2)N(c2cccc(Cl)c2)C(=O)N1CCCCC(=O)N/N=C\c1c(O)ccc2ccccc12. The van der Waals surface area contributed by atoms with Crippen molar-refractivity contribution in [2.75, 3.05) is 16.8 Å². The third-order valence-corrected chi connectivity index (χ3v) is 8.45. The Labute approximate surface area is 281 Å². The number of nitrogens with zero attached hydrogens (tertiary/aromatic N) is 4. The molecule has 47 heavy (non-hydrogen) atoms. The molecule has 0 saturated carbocycles. The van der Waals surface area contributed by atoms with Crippen LogP contribution in [0.25, 0.3) is 10.8 Å². The number of unbranched alkanes of at least 4 members (excludes halogenated alkanes) is 1. The van der Waals surface area contributed by atoms with Crippen molar-refractivity contribution >= 4 is 69.5 Å². The first-order valence-electron chi connectivity index (χ1n) is 14.9. The van der Waals surface area contributed by atoms with E-state index in [0.29, 0.717) is 44.9 Å². The summed E-state index contributed by atoms with van der Waals surface area (Å²) < 4.78 is 0. The minimum Gasteiger partial charge on any atom is -0.507 e. The van der Waals surface area contributed by atoms with Crippen molar-refractivity contribution in [1.82, 2.24) is 15.4 Å². The highest BCUT2D eigenvalue weighted by Crippen LogP contribution is 2.39. The van der Waals surface area contributed by atoms with Crippen molar-refractivity contribution < 1.29 is 24.7 Å². The molecule has 1 saturated heterocycles. The van der Waals surface area contributed by atoms with E-state index in [4.69, 9.17) is 23.2 Å². The summed E-state index contributed by atoms with van der Waals surface area (Å²) in [6.45, 7) is 3.74. The number of hydrogen-bond acceptors (Lipinski definition) is 6. The van der Waals surface area contributed by atoms with E-state index in [-0.39, 0.29) is 24.6 Å². The van der Waals surface area contributed by atoms with E-state index in [2.05, 4.69) is 15.8 Å². The fourth-order valence-corrected chi connectivity index (χ4v) is 6.04. The zero-order chi connectivity index (χ0) is 33.7. The molecule has 0 aromatic heterocycles. The molecule has 0 spiro atoms. The Bertz CT molecular complexity index is 1830. The average molecular weight is 678 g/mol. The highest BCUT2D eigenvalue weighted by molar-refractivity contribution is 6.31. The number of urea groups is 2. The molecular formula is C34H34Cl2N6O5. The van der Waals surface area contributed by atoms with Gasteiger partial charge in [0.25, 0.3) is 0 Å². The molecule has 1 aliphatic heterocycles. The van der Waals surface area contributed by atoms with Crippen LogP contribution in [0.4, 0.5) is 21.0 Å². The first kappa shape index (κ1) is 33.5. The molecule has 1 fully saturated rings. The smallest absolute Gasteiger partial charge is 0.347 e. The summed E-state index contributed by atoms with van der Waals surface area (Å²) in [6.07, 6.45) is 1.29. The second-order valence-corrected chi connectivity index (χ2v) is 12.4. The van der Waals surface area contributed by atoms with E-state index in [0.717, 1.165) is 10.8 Å². The van der Waals surface area contributed by atoms with Crippen LogP contribution >= 0.6 is 23.2 Å². The molecule has 4 aromatic carbocycles. The number of phenolic OH excluding ortho intramolecular Hbond substituents is 1. The monoisotopic (exact) mass is 676 g/mol. The number of benzene rings is 4. The zero-order valence-corrected chi connectivity index (χ0v) is 27.2. The third-order valence-electron chi connectivity index (χ3n) is 7.98. The molecule has 0 bridgehead atoms. The van der Waals surface area contributed by atoms with Crippen LogP contribution < -0.4 is 15.6 Å². The number of rotatable bonds is 10. The summed E-state index contributed by atoms with van der Waals surface area (Å²) in [4.78, 5) is 42.6. The van der Waals surface area contributed by atoms with E-state index in [1.165, 1.54) is 17.2 Å². The van der Waals surface area contributed by atoms with Gasteiger partial charge in [-0.1, -0.05) is 65.7 Å². The Kier molecular flexibility index (Phi) is 10.2. The van der Waals surface area contributed by atoms with Gasteiger partial charge in [-0.05, 0) is 79.9 Å². The van der Waals surface area contributed by atoms with Gasteiger partial charge in [0.1, 0.15) is 5.75 Å². The number of nitrogens with one attached hydrogen (secondary N) is 2. The van der Waals surface area contributed by atoms with Gasteiger partial charge in [0, 0.05) is 39.9 Å². The van der Waals surface area contributed by atoms with Gasteiger partial charge in [0.15, 0.2) is 6.17 Å². The predicted molar refractivity (Wildman–Crippen MR) is 183 cm³/mol. The predicted octanol–water partition coefficient (Wildman–Crippen LogP) is 7.44. The summed E-state index contributed by atoms with van der Waals surface area (Å²) in [5, 5.41) is 31.2. The van der Waals surface area contributed by atoms with Gasteiger partial charge < -0.3 is 15.3 Å². The maximum atomic E-state index is 13.9. The number of hydrogen-bond donors (Lipinski definition) is 4. The summed E-state index contributed by atoms with van der Waals surface area (Å²) in [5.41, 5.74) is 2.68. The molecule has 4 aromatic rings. The molecule has 0 aliphatic carbocycles. The molecule has 0 radical (unpaired) electrons. The maximum Gasteiger partial charge on any atom is 0.347 e. The van der Waals surface area contributed by atoms with Crippen molar-refractivity contribution in [1.29, 1.82) is 0 Å². The lowest BCUT2D eigenvalue weighted by Gasteiger charge is -2.38. The van der Waals surface area contributed by atoms with Crippen LogP contribution in [-0.4, -0.2) is 62.7 Å². The number of carbonyl (C=O) groups is 3. The van der Waals surface area contributed by atoms with E-state index in [9.17, 15) is 24.7 Å². The number of anilines is 2. The highest BCUT2D eigenvalue weighted by Gasteiger charge is 2.55. The highest BCUT2D eigenvalue weighted by atomic mass is 35.5. The first-order chi connectivity index (χ1) is 22.5. The second kappa shape index (κ2) is 14.3. The van der Waals surface area contributed by atoms with Crippen LogP contribution in [0.15, 0.2) is 90.0 Å². The van der Waals surface area contributed by atoms with Gasteiger partial charge in [0.2, 0.25) is 5.91 Å². The Morgan fingerprint density at radius 1 is 0.979 bits per heavy atom. The number of halogens is 2.